The Balaban J connectivity index is 1.85. The summed E-state index contributed by atoms with van der Waals surface area (Å²) in [5.74, 6) is 0.911. The SMILES string of the molecule is CN(C1CCNCC1)S(=O)(=O)c1cn2c(n1)CCCC2. The first-order valence-electron chi connectivity index (χ1n) is 7.34. The maximum Gasteiger partial charge on any atom is 0.262 e. The van der Waals surface area contributed by atoms with Crippen molar-refractivity contribution in [2.24, 2.45) is 0 Å². The van der Waals surface area contributed by atoms with Crippen LogP contribution in [0.2, 0.25) is 0 Å². The number of aryl methyl sites for hydroxylation is 2. The van der Waals surface area contributed by atoms with Crippen molar-refractivity contribution >= 4 is 10.0 Å². The van der Waals surface area contributed by atoms with Gasteiger partial charge in [0, 0.05) is 32.3 Å². The van der Waals surface area contributed by atoms with Crippen LogP contribution in [0.15, 0.2) is 11.2 Å². The average molecular weight is 298 g/mol. The average Bonchev–Trinajstić information content (AvgIpc) is 2.92. The number of nitrogens with zero attached hydrogens (tertiary/aromatic N) is 3. The molecule has 20 heavy (non-hydrogen) atoms. The van der Waals surface area contributed by atoms with Gasteiger partial charge in [0.2, 0.25) is 0 Å². The molecule has 1 N–H and O–H groups in total. The first kappa shape index (κ1) is 14.0. The molecular weight excluding hydrogens is 276 g/mol. The first-order chi connectivity index (χ1) is 9.59. The quantitative estimate of drug-likeness (QED) is 0.887. The Morgan fingerprint density at radius 3 is 2.80 bits per heavy atom. The van der Waals surface area contributed by atoms with Gasteiger partial charge in [0.1, 0.15) is 5.82 Å². The number of hydrogen-bond acceptors (Lipinski definition) is 4. The highest BCUT2D eigenvalue weighted by Crippen LogP contribution is 2.22. The Bertz CT molecular complexity index is 552. The van der Waals surface area contributed by atoms with Crippen molar-refractivity contribution in [3.8, 4) is 0 Å². The van der Waals surface area contributed by atoms with Gasteiger partial charge in [-0.05, 0) is 38.8 Å². The highest BCUT2D eigenvalue weighted by atomic mass is 32.2. The molecule has 1 fully saturated rings. The van der Waals surface area contributed by atoms with Gasteiger partial charge in [-0.15, -0.1) is 0 Å². The normalized spacial score (nSPS) is 21.1. The Morgan fingerprint density at radius 1 is 1.35 bits per heavy atom. The number of hydrogen-bond donors (Lipinski definition) is 1. The van der Waals surface area contributed by atoms with E-state index >= 15 is 0 Å². The van der Waals surface area contributed by atoms with Crippen molar-refractivity contribution in [3.63, 3.8) is 0 Å². The van der Waals surface area contributed by atoms with E-state index in [4.69, 9.17) is 0 Å². The molecule has 3 rings (SSSR count). The summed E-state index contributed by atoms with van der Waals surface area (Å²) in [6.07, 6.45) is 6.52. The number of piperidine rings is 1. The van der Waals surface area contributed by atoms with Gasteiger partial charge in [-0.1, -0.05) is 0 Å². The van der Waals surface area contributed by atoms with Crippen LogP contribution in [0.4, 0.5) is 0 Å². The van der Waals surface area contributed by atoms with Gasteiger partial charge >= 0.3 is 0 Å². The van der Waals surface area contributed by atoms with Crippen LogP contribution in [0.5, 0.6) is 0 Å². The van der Waals surface area contributed by atoms with Crippen LogP contribution in [-0.2, 0) is 23.0 Å². The molecule has 0 radical (unpaired) electrons. The fourth-order valence-corrected chi connectivity index (χ4v) is 4.40. The lowest BCUT2D eigenvalue weighted by Gasteiger charge is -2.30. The van der Waals surface area contributed by atoms with Crippen molar-refractivity contribution in [1.29, 1.82) is 0 Å². The molecule has 0 bridgehead atoms. The highest BCUT2D eigenvalue weighted by molar-refractivity contribution is 7.89. The van der Waals surface area contributed by atoms with Crippen LogP contribution < -0.4 is 5.32 Å². The van der Waals surface area contributed by atoms with Crippen molar-refractivity contribution in [2.75, 3.05) is 20.1 Å². The van der Waals surface area contributed by atoms with E-state index in [2.05, 4.69) is 10.3 Å². The zero-order chi connectivity index (χ0) is 14.2. The lowest BCUT2D eigenvalue weighted by atomic mass is 10.1. The molecule has 0 spiro atoms. The van der Waals surface area contributed by atoms with E-state index < -0.39 is 10.0 Å². The summed E-state index contributed by atoms with van der Waals surface area (Å²) in [6, 6.07) is 0.0833. The Hall–Kier alpha value is -0.920. The summed E-state index contributed by atoms with van der Waals surface area (Å²) >= 11 is 0. The number of imidazole rings is 1. The van der Waals surface area contributed by atoms with E-state index in [1.165, 1.54) is 4.31 Å². The molecule has 0 atom stereocenters. The Kier molecular flexibility index (Phi) is 3.83. The molecule has 7 heteroatoms. The van der Waals surface area contributed by atoms with E-state index in [1.54, 1.807) is 13.2 Å². The van der Waals surface area contributed by atoms with Gasteiger partial charge in [0.05, 0.1) is 0 Å². The summed E-state index contributed by atoms with van der Waals surface area (Å²) in [5, 5.41) is 3.48. The van der Waals surface area contributed by atoms with E-state index in [0.717, 1.165) is 57.6 Å². The third-order valence-corrected chi connectivity index (χ3v) is 6.13. The van der Waals surface area contributed by atoms with Crippen LogP contribution in [0.3, 0.4) is 0 Å². The van der Waals surface area contributed by atoms with Crippen LogP contribution >= 0.6 is 0 Å². The van der Waals surface area contributed by atoms with E-state index in [9.17, 15) is 8.42 Å². The number of rotatable bonds is 3. The standard InChI is InChI=1S/C13H22N4O2S/c1-16(11-5-7-14-8-6-11)20(18,19)13-10-17-9-3-2-4-12(17)15-13/h10-11,14H,2-9H2,1H3. The summed E-state index contributed by atoms with van der Waals surface area (Å²) in [7, 11) is -1.77. The molecule has 3 heterocycles. The molecule has 0 unspecified atom stereocenters. The summed E-state index contributed by atoms with van der Waals surface area (Å²) in [4.78, 5) is 4.36. The largest absolute Gasteiger partial charge is 0.333 e. The molecule has 2 aliphatic rings. The zero-order valence-corrected chi connectivity index (χ0v) is 12.7. The molecule has 112 valence electrons. The van der Waals surface area contributed by atoms with Crippen LogP contribution in [0, 0.1) is 0 Å². The van der Waals surface area contributed by atoms with Crippen LogP contribution in [-0.4, -0.2) is 48.5 Å². The predicted octanol–water partition coefficient (Wildman–Crippen LogP) is 0.592. The van der Waals surface area contributed by atoms with Gasteiger partial charge in [-0.25, -0.2) is 13.4 Å². The van der Waals surface area contributed by atoms with Crippen molar-refractivity contribution in [1.82, 2.24) is 19.2 Å². The zero-order valence-electron chi connectivity index (χ0n) is 11.9. The molecule has 1 aromatic rings. The van der Waals surface area contributed by atoms with Crippen LogP contribution in [0.1, 0.15) is 31.5 Å². The molecule has 0 aliphatic carbocycles. The fraction of sp³-hybridized carbons (Fsp3) is 0.769. The molecule has 6 nitrogen and oxygen atoms in total. The predicted molar refractivity (Wildman–Crippen MR) is 76.0 cm³/mol. The highest BCUT2D eigenvalue weighted by Gasteiger charge is 2.31. The topological polar surface area (TPSA) is 67.2 Å². The number of fused-ring (bicyclic) bond motifs is 1. The Morgan fingerprint density at radius 2 is 2.10 bits per heavy atom. The summed E-state index contributed by atoms with van der Waals surface area (Å²) in [6.45, 7) is 2.64. The van der Waals surface area contributed by atoms with Crippen molar-refractivity contribution in [3.05, 3.63) is 12.0 Å². The molecule has 2 aliphatic heterocycles. The maximum atomic E-state index is 12.7. The maximum absolute atomic E-state index is 12.7. The number of nitrogens with one attached hydrogen (secondary N) is 1. The summed E-state index contributed by atoms with van der Waals surface area (Å²) in [5.41, 5.74) is 0. The van der Waals surface area contributed by atoms with E-state index in [1.807, 2.05) is 4.57 Å². The van der Waals surface area contributed by atoms with E-state index in [0.29, 0.717) is 0 Å². The third-order valence-electron chi connectivity index (χ3n) is 4.35. The molecule has 0 aromatic carbocycles. The molecule has 0 saturated carbocycles. The smallest absolute Gasteiger partial charge is 0.262 e. The minimum absolute atomic E-state index is 0.0833. The molecular formula is C13H22N4O2S. The fourth-order valence-electron chi connectivity index (χ4n) is 3.02. The van der Waals surface area contributed by atoms with Gasteiger partial charge in [-0.2, -0.15) is 4.31 Å². The second-order valence-electron chi connectivity index (χ2n) is 5.65. The van der Waals surface area contributed by atoms with Gasteiger partial charge in [0.25, 0.3) is 10.0 Å². The molecule has 0 amide bonds. The summed E-state index contributed by atoms with van der Waals surface area (Å²) < 4.78 is 28.9. The van der Waals surface area contributed by atoms with Gasteiger partial charge in [-0.3, -0.25) is 0 Å². The van der Waals surface area contributed by atoms with Crippen LogP contribution in [0.25, 0.3) is 0 Å². The minimum Gasteiger partial charge on any atom is -0.333 e. The third kappa shape index (κ3) is 2.49. The van der Waals surface area contributed by atoms with Crippen molar-refractivity contribution < 1.29 is 8.42 Å². The second-order valence-corrected chi connectivity index (χ2v) is 7.59. The second kappa shape index (κ2) is 5.46. The minimum atomic E-state index is -3.46. The number of aromatic nitrogens is 2. The number of sulfonamides is 1. The lowest BCUT2D eigenvalue weighted by Crippen LogP contribution is -2.43. The van der Waals surface area contributed by atoms with E-state index in [-0.39, 0.29) is 11.1 Å². The van der Waals surface area contributed by atoms with Gasteiger partial charge in [0.15, 0.2) is 5.03 Å². The Labute approximate surface area is 120 Å². The monoisotopic (exact) mass is 298 g/mol. The molecule has 1 saturated heterocycles. The first-order valence-corrected chi connectivity index (χ1v) is 8.78. The lowest BCUT2D eigenvalue weighted by molar-refractivity contribution is 0.296. The van der Waals surface area contributed by atoms with Gasteiger partial charge < -0.3 is 9.88 Å². The molecule has 1 aromatic heterocycles. The van der Waals surface area contributed by atoms with Crippen molar-refractivity contribution in [2.45, 2.75) is 49.7 Å².